The lowest BCUT2D eigenvalue weighted by Crippen LogP contribution is -1.98. The Kier molecular flexibility index (Phi) is 3.46. The van der Waals surface area contributed by atoms with Gasteiger partial charge < -0.3 is 5.11 Å². The van der Waals surface area contributed by atoms with Crippen LogP contribution in [0.15, 0.2) is 22.1 Å². The highest BCUT2D eigenvalue weighted by atomic mass is 79.9. The first-order valence-corrected chi connectivity index (χ1v) is 6.32. The second-order valence-electron chi connectivity index (χ2n) is 3.11. The molecule has 0 unspecified atom stereocenters. The summed E-state index contributed by atoms with van der Waals surface area (Å²) in [5, 5.41) is 9.18. The molecule has 0 bridgehead atoms. The molecule has 1 aromatic carbocycles. The molecular formula is C10H4BrClFNO2S. The smallest absolute Gasteiger partial charge is 0.356 e. The second-order valence-corrected chi connectivity index (χ2v) is 5.82. The van der Waals surface area contributed by atoms with Crippen LogP contribution in [0, 0.1) is 5.82 Å². The molecule has 88 valence electrons. The molecule has 0 aliphatic carbocycles. The summed E-state index contributed by atoms with van der Waals surface area (Å²) in [5.74, 6) is -1.68. The Labute approximate surface area is 113 Å². The number of hydrogen-bond acceptors (Lipinski definition) is 3. The van der Waals surface area contributed by atoms with Crippen LogP contribution in [0.5, 0.6) is 0 Å². The Bertz CT molecular complexity index is 582. The summed E-state index contributed by atoms with van der Waals surface area (Å²) in [6.07, 6.45) is 0. The van der Waals surface area contributed by atoms with E-state index in [2.05, 4.69) is 20.9 Å². The topological polar surface area (TPSA) is 50.2 Å². The number of aromatic carboxylic acids is 1. The van der Waals surface area contributed by atoms with E-state index in [9.17, 15) is 9.18 Å². The number of carboxylic acid groups (broad SMARTS) is 1. The van der Waals surface area contributed by atoms with Gasteiger partial charge in [-0.05, 0) is 39.7 Å². The second kappa shape index (κ2) is 4.72. The van der Waals surface area contributed by atoms with Crippen LogP contribution >= 0.6 is 38.9 Å². The number of nitrogens with zero attached hydrogens (tertiary/aromatic N) is 1. The van der Waals surface area contributed by atoms with Crippen LogP contribution in [0.1, 0.15) is 10.5 Å². The van der Waals surface area contributed by atoms with Gasteiger partial charge in [0.05, 0.1) is 4.88 Å². The molecule has 1 aromatic heterocycles. The molecule has 0 spiro atoms. The molecule has 1 N–H and O–H groups in total. The maximum absolute atomic E-state index is 13.2. The Morgan fingerprint density at radius 3 is 2.76 bits per heavy atom. The molecule has 0 saturated heterocycles. The molecule has 0 saturated carbocycles. The Morgan fingerprint density at radius 2 is 2.18 bits per heavy atom. The summed E-state index contributed by atoms with van der Waals surface area (Å²) in [4.78, 5) is 15.2. The van der Waals surface area contributed by atoms with E-state index in [1.54, 1.807) is 0 Å². The maximum atomic E-state index is 13.2. The quantitative estimate of drug-likeness (QED) is 0.899. The predicted molar refractivity (Wildman–Crippen MR) is 67.2 cm³/mol. The number of carboxylic acids is 1. The molecule has 0 amide bonds. The molecular weight excluding hydrogens is 333 g/mol. The lowest BCUT2D eigenvalue weighted by Gasteiger charge is -2.00. The molecule has 0 atom stereocenters. The van der Waals surface area contributed by atoms with Gasteiger partial charge in [-0.25, -0.2) is 14.2 Å². The van der Waals surface area contributed by atoms with Crippen molar-refractivity contribution in [1.82, 2.24) is 4.98 Å². The van der Waals surface area contributed by atoms with E-state index < -0.39 is 11.8 Å². The Balaban J connectivity index is 2.63. The number of thiazole rings is 1. The van der Waals surface area contributed by atoms with E-state index in [4.69, 9.17) is 16.7 Å². The Morgan fingerprint density at radius 1 is 1.47 bits per heavy atom. The maximum Gasteiger partial charge on any atom is 0.356 e. The van der Waals surface area contributed by atoms with E-state index >= 15 is 0 Å². The molecule has 0 fully saturated rings. The first-order chi connectivity index (χ1) is 7.97. The standard InChI is InChI=1S/C10H4BrClFNO2S/c11-10-14-7(9(15)16)8(17-10)4-1-5(12)3-6(13)2-4/h1-3H,(H,15,16). The zero-order valence-corrected chi connectivity index (χ0v) is 11.2. The van der Waals surface area contributed by atoms with Gasteiger partial charge in [-0.15, -0.1) is 11.3 Å². The van der Waals surface area contributed by atoms with Gasteiger partial charge in [-0.3, -0.25) is 0 Å². The first kappa shape index (κ1) is 12.5. The van der Waals surface area contributed by atoms with Crippen molar-refractivity contribution < 1.29 is 14.3 Å². The monoisotopic (exact) mass is 335 g/mol. The average molecular weight is 337 g/mol. The minimum absolute atomic E-state index is 0.122. The highest BCUT2D eigenvalue weighted by Crippen LogP contribution is 2.34. The van der Waals surface area contributed by atoms with Gasteiger partial charge in [0.25, 0.3) is 0 Å². The summed E-state index contributed by atoms with van der Waals surface area (Å²) in [5.41, 5.74) is 0.277. The summed E-state index contributed by atoms with van der Waals surface area (Å²) in [6, 6.07) is 3.87. The van der Waals surface area contributed by atoms with Crippen LogP contribution in [-0.4, -0.2) is 16.1 Å². The van der Waals surface area contributed by atoms with Crippen LogP contribution in [0.4, 0.5) is 4.39 Å². The third kappa shape index (κ3) is 2.65. The van der Waals surface area contributed by atoms with E-state index in [1.165, 1.54) is 12.1 Å². The average Bonchev–Trinajstić information content (AvgIpc) is 2.59. The van der Waals surface area contributed by atoms with Crippen molar-refractivity contribution in [2.24, 2.45) is 0 Å². The van der Waals surface area contributed by atoms with Crippen molar-refractivity contribution in [1.29, 1.82) is 0 Å². The number of aromatic nitrogens is 1. The molecule has 3 nitrogen and oxygen atoms in total. The third-order valence-corrected chi connectivity index (χ3v) is 3.70. The van der Waals surface area contributed by atoms with Crippen LogP contribution < -0.4 is 0 Å². The van der Waals surface area contributed by atoms with Gasteiger partial charge in [0.1, 0.15) is 5.82 Å². The molecule has 17 heavy (non-hydrogen) atoms. The van der Waals surface area contributed by atoms with Crippen LogP contribution in [0.25, 0.3) is 10.4 Å². The predicted octanol–water partition coefficient (Wildman–Crippen LogP) is 4.06. The molecule has 2 aromatic rings. The third-order valence-electron chi connectivity index (χ3n) is 1.93. The highest BCUT2D eigenvalue weighted by Gasteiger charge is 2.18. The summed E-state index contributed by atoms with van der Waals surface area (Å²) in [7, 11) is 0. The van der Waals surface area contributed by atoms with Gasteiger partial charge in [0.2, 0.25) is 0 Å². The van der Waals surface area contributed by atoms with Gasteiger partial charge in [0, 0.05) is 5.02 Å². The SMILES string of the molecule is O=C(O)c1nc(Br)sc1-c1cc(F)cc(Cl)c1. The fourth-order valence-electron chi connectivity index (χ4n) is 1.32. The van der Waals surface area contributed by atoms with Crippen molar-refractivity contribution in [3.8, 4) is 10.4 Å². The van der Waals surface area contributed by atoms with E-state index in [1.807, 2.05) is 0 Å². The number of carbonyl (C=O) groups is 1. The minimum Gasteiger partial charge on any atom is -0.476 e. The summed E-state index contributed by atoms with van der Waals surface area (Å²) < 4.78 is 13.6. The Hall–Kier alpha value is -0.980. The number of rotatable bonds is 2. The zero-order chi connectivity index (χ0) is 12.6. The minimum atomic E-state index is -1.16. The van der Waals surface area contributed by atoms with Crippen molar-refractivity contribution in [2.75, 3.05) is 0 Å². The van der Waals surface area contributed by atoms with Crippen molar-refractivity contribution in [3.05, 3.63) is 38.6 Å². The molecule has 2 rings (SSSR count). The summed E-state index contributed by atoms with van der Waals surface area (Å²) >= 11 is 9.94. The van der Waals surface area contributed by atoms with Crippen molar-refractivity contribution >= 4 is 44.8 Å². The van der Waals surface area contributed by atoms with Crippen LogP contribution in [-0.2, 0) is 0 Å². The molecule has 1 heterocycles. The normalized spacial score (nSPS) is 10.5. The lowest BCUT2D eigenvalue weighted by molar-refractivity contribution is 0.0692. The first-order valence-electron chi connectivity index (χ1n) is 4.33. The van der Waals surface area contributed by atoms with Gasteiger partial charge >= 0.3 is 5.97 Å². The highest BCUT2D eigenvalue weighted by molar-refractivity contribution is 9.11. The lowest BCUT2D eigenvalue weighted by atomic mass is 10.1. The van der Waals surface area contributed by atoms with Crippen molar-refractivity contribution in [2.45, 2.75) is 0 Å². The molecule has 0 aliphatic heterocycles. The fourth-order valence-corrected chi connectivity index (χ4v) is 2.97. The number of benzene rings is 1. The summed E-state index contributed by atoms with van der Waals surface area (Å²) in [6.45, 7) is 0. The van der Waals surface area contributed by atoms with Crippen molar-refractivity contribution in [3.63, 3.8) is 0 Å². The molecule has 0 radical (unpaired) electrons. The van der Waals surface area contributed by atoms with Crippen LogP contribution in [0.2, 0.25) is 5.02 Å². The van der Waals surface area contributed by atoms with Gasteiger partial charge in [-0.1, -0.05) is 11.6 Å². The fraction of sp³-hybridized carbons (Fsp3) is 0. The number of hydrogen-bond donors (Lipinski definition) is 1. The van der Waals surface area contributed by atoms with Gasteiger partial charge in [0.15, 0.2) is 9.61 Å². The molecule has 7 heteroatoms. The van der Waals surface area contributed by atoms with Crippen LogP contribution in [0.3, 0.4) is 0 Å². The van der Waals surface area contributed by atoms with E-state index in [-0.39, 0.29) is 10.7 Å². The largest absolute Gasteiger partial charge is 0.476 e. The number of halogens is 3. The van der Waals surface area contributed by atoms with E-state index in [0.29, 0.717) is 14.4 Å². The molecule has 0 aliphatic rings. The van der Waals surface area contributed by atoms with Gasteiger partial charge in [-0.2, -0.15) is 0 Å². The van der Waals surface area contributed by atoms with E-state index in [0.717, 1.165) is 17.4 Å². The zero-order valence-electron chi connectivity index (χ0n) is 8.08.